The second kappa shape index (κ2) is 7.04. The fourth-order valence-electron chi connectivity index (χ4n) is 1.77. The lowest BCUT2D eigenvalue weighted by molar-refractivity contribution is -0.143. The van der Waals surface area contributed by atoms with E-state index in [1.807, 2.05) is 18.4 Å². The van der Waals surface area contributed by atoms with Crippen molar-refractivity contribution in [2.24, 2.45) is 0 Å². The number of aromatic nitrogens is 2. The maximum absolute atomic E-state index is 11.2. The van der Waals surface area contributed by atoms with Gasteiger partial charge in [0.15, 0.2) is 0 Å². The summed E-state index contributed by atoms with van der Waals surface area (Å²) in [5, 5.41) is 9.19. The molecular formula is C13H18N4O2S. The van der Waals surface area contributed by atoms with E-state index < -0.39 is 0 Å². The number of hydrogen-bond acceptors (Lipinski definition) is 7. The van der Waals surface area contributed by atoms with Crippen LogP contribution >= 0.6 is 11.3 Å². The standard InChI is InChI=1S/C13H18N4O2S/c1-3-19-10(18)5-4-7-15-11-9-6-8-20-12(9)17-13(14-2)16-11/h6,8H,3-5,7H2,1-2H3,(H2,14,15,16,17). The number of ether oxygens (including phenoxy) is 1. The highest BCUT2D eigenvalue weighted by Gasteiger charge is 2.08. The molecule has 6 nitrogen and oxygen atoms in total. The van der Waals surface area contributed by atoms with E-state index in [0.717, 1.165) is 16.0 Å². The normalized spacial score (nSPS) is 10.5. The third kappa shape index (κ3) is 3.57. The molecule has 20 heavy (non-hydrogen) atoms. The molecule has 0 fully saturated rings. The molecule has 0 unspecified atom stereocenters. The van der Waals surface area contributed by atoms with E-state index in [9.17, 15) is 4.79 Å². The SMILES string of the molecule is CCOC(=O)CCCNc1nc(NC)nc2sccc12. The van der Waals surface area contributed by atoms with E-state index in [1.165, 1.54) is 0 Å². The number of hydrogen-bond donors (Lipinski definition) is 2. The number of nitrogens with zero attached hydrogens (tertiary/aromatic N) is 2. The number of anilines is 2. The van der Waals surface area contributed by atoms with Crippen molar-refractivity contribution in [2.45, 2.75) is 19.8 Å². The van der Waals surface area contributed by atoms with E-state index in [1.54, 1.807) is 18.4 Å². The van der Waals surface area contributed by atoms with Crippen molar-refractivity contribution < 1.29 is 9.53 Å². The number of nitrogens with one attached hydrogen (secondary N) is 2. The number of carbonyl (C=O) groups excluding carboxylic acids is 1. The van der Waals surface area contributed by atoms with Gasteiger partial charge in [0.1, 0.15) is 10.6 Å². The summed E-state index contributed by atoms with van der Waals surface area (Å²) in [6.07, 6.45) is 1.13. The van der Waals surface area contributed by atoms with Crippen LogP contribution in [-0.2, 0) is 9.53 Å². The van der Waals surface area contributed by atoms with Crippen molar-refractivity contribution in [1.82, 2.24) is 9.97 Å². The van der Waals surface area contributed by atoms with Crippen LogP contribution in [0.15, 0.2) is 11.4 Å². The van der Waals surface area contributed by atoms with E-state index >= 15 is 0 Å². The van der Waals surface area contributed by atoms with Crippen LogP contribution in [0, 0.1) is 0 Å². The van der Waals surface area contributed by atoms with Crippen LogP contribution in [0.2, 0.25) is 0 Å². The first-order chi connectivity index (χ1) is 9.74. The van der Waals surface area contributed by atoms with Crippen molar-refractivity contribution in [2.75, 3.05) is 30.8 Å². The van der Waals surface area contributed by atoms with E-state index in [0.29, 0.717) is 31.9 Å². The van der Waals surface area contributed by atoms with Gasteiger partial charge in [0.2, 0.25) is 5.95 Å². The lowest BCUT2D eigenvalue weighted by Gasteiger charge is -2.08. The van der Waals surface area contributed by atoms with Crippen molar-refractivity contribution in [1.29, 1.82) is 0 Å². The van der Waals surface area contributed by atoms with Gasteiger partial charge >= 0.3 is 5.97 Å². The molecule has 0 aliphatic heterocycles. The fourth-order valence-corrected chi connectivity index (χ4v) is 2.54. The number of thiophene rings is 1. The lowest BCUT2D eigenvalue weighted by Crippen LogP contribution is -2.09. The second-order valence-corrected chi connectivity index (χ2v) is 5.02. The molecule has 0 aliphatic carbocycles. The Morgan fingerprint density at radius 1 is 1.45 bits per heavy atom. The van der Waals surface area contributed by atoms with Gasteiger partial charge in [-0.3, -0.25) is 4.79 Å². The van der Waals surface area contributed by atoms with Gasteiger partial charge in [-0.1, -0.05) is 0 Å². The zero-order chi connectivity index (χ0) is 14.4. The Morgan fingerprint density at radius 2 is 2.30 bits per heavy atom. The topological polar surface area (TPSA) is 76.1 Å². The molecule has 0 bridgehead atoms. The zero-order valence-corrected chi connectivity index (χ0v) is 12.4. The molecule has 2 rings (SSSR count). The summed E-state index contributed by atoms with van der Waals surface area (Å²) in [6, 6.07) is 1.99. The minimum absolute atomic E-state index is 0.159. The minimum Gasteiger partial charge on any atom is -0.466 e. The average Bonchev–Trinajstić information content (AvgIpc) is 2.91. The minimum atomic E-state index is -0.159. The molecule has 0 saturated carbocycles. The second-order valence-electron chi connectivity index (χ2n) is 4.12. The first kappa shape index (κ1) is 14.5. The van der Waals surface area contributed by atoms with Crippen LogP contribution in [0.5, 0.6) is 0 Å². The smallest absolute Gasteiger partial charge is 0.305 e. The van der Waals surface area contributed by atoms with E-state index in [2.05, 4.69) is 20.6 Å². The van der Waals surface area contributed by atoms with Crippen LogP contribution in [0.3, 0.4) is 0 Å². The first-order valence-electron chi connectivity index (χ1n) is 6.57. The van der Waals surface area contributed by atoms with Crippen molar-refractivity contribution in [3.05, 3.63) is 11.4 Å². The zero-order valence-electron chi connectivity index (χ0n) is 11.6. The molecule has 2 aromatic heterocycles. The maximum Gasteiger partial charge on any atom is 0.305 e. The quantitative estimate of drug-likeness (QED) is 0.603. The molecule has 0 aliphatic rings. The Kier molecular flexibility index (Phi) is 5.11. The van der Waals surface area contributed by atoms with Gasteiger partial charge in [-0.2, -0.15) is 4.98 Å². The molecule has 2 aromatic rings. The van der Waals surface area contributed by atoms with Crippen molar-refractivity contribution >= 4 is 39.3 Å². The molecule has 108 valence electrons. The summed E-state index contributed by atoms with van der Waals surface area (Å²) >= 11 is 1.58. The highest BCUT2D eigenvalue weighted by atomic mass is 32.1. The van der Waals surface area contributed by atoms with Gasteiger partial charge in [0.25, 0.3) is 0 Å². The third-order valence-corrected chi connectivity index (χ3v) is 3.51. The molecule has 0 atom stereocenters. The predicted molar refractivity (Wildman–Crippen MR) is 81.3 cm³/mol. The number of rotatable bonds is 7. The van der Waals surface area contributed by atoms with Gasteiger partial charge in [-0.25, -0.2) is 4.98 Å². The highest BCUT2D eigenvalue weighted by Crippen LogP contribution is 2.26. The average molecular weight is 294 g/mol. The van der Waals surface area contributed by atoms with Crippen LogP contribution in [0.25, 0.3) is 10.2 Å². The maximum atomic E-state index is 11.2. The van der Waals surface area contributed by atoms with E-state index in [4.69, 9.17) is 4.74 Å². The molecule has 7 heteroatoms. The Hall–Kier alpha value is -1.89. The van der Waals surface area contributed by atoms with Crippen LogP contribution in [0.1, 0.15) is 19.8 Å². The molecule has 2 heterocycles. The fraction of sp³-hybridized carbons (Fsp3) is 0.462. The molecule has 0 saturated heterocycles. The predicted octanol–water partition coefficient (Wildman–Crippen LogP) is 2.49. The van der Waals surface area contributed by atoms with Gasteiger partial charge in [-0.05, 0) is 24.8 Å². The highest BCUT2D eigenvalue weighted by molar-refractivity contribution is 7.16. The van der Waals surface area contributed by atoms with Crippen LogP contribution in [0.4, 0.5) is 11.8 Å². The number of fused-ring (bicyclic) bond motifs is 1. The molecule has 0 radical (unpaired) electrons. The third-order valence-electron chi connectivity index (χ3n) is 2.70. The lowest BCUT2D eigenvalue weighted by atomic mass is 10.3. The number of carbonyl (C=O) groups is 1. The largest absolute Gasteiger partial charge is 0.466 e. The summed E-state index contributed by atoms with van der Waals surface area (Å²) in [5.41, 5.74) is 0. The van der Waals surface area contributed by atoms with Crippen LogP contribution < -0.4 is 10.6 Å². The van der Waals surface area contributed by atoms with Crippen molar-refractivity contribution in [3.63, 3.8) is 0 Å². The van der Waals surface area contributed by atoms with Gasteiger partial charge in [0, 0.05) is 20.0 Å². The van der Waals surface area contributed by atoms with Gasteiger partial charge in [-0.15, -0.1) is 11.3 Å². The summed E-state index contributed by atoms with van der Waals surface area (Å²) in [5.74, 6) is 1.23. The summed E-state index contributed by atoms with van der Waals surface area (Å²) in [7, 11) is 1.79. The first-order valence-corrected chi connectivity index (χ1v) is 7.45. The molecular weight excluding hydrogens is 276 g/mol. The summed E-state index contributed by atoms with van der Waals surface area (Å²) in [6.45, 7) is 2.91. The Morgan fingerprint density at radius 3 is 3.05 bits per heavy atom. The van der Waals surface area contributed by atoms with Crippen molar-refractivity contribution in [3.8, 4) is 0 Å². The Labute approximate surface area is 121 Å². The molecule has 0 aromatic carbocycles. The van der Waals surface area contributed by atoms with Gasteiger partial charge < -0.3 is 15.4 Å². The number of esters is 1. The Balaban J connectivity index is 1.95. The summed E-state index contributed by atoms with van der Waals surface area (Å²) in [4.78, 5) is 21.0. The summed E-state index contributed by atoms with van der Waals surface area (Å²) < 4.78 is 4.89. The van der Waals surface area contributed by atoms with Gasteiger partial charge in [0.05, 0.1) is 12.0 Å². The van der Waals surface area contributed by atoms with E-state index in [-0.39, 0.29) is 5.97 Å². The molecule has 0 spiro atoms. The Bertz CT molecular complexity index is 585. The molecule has 2 N–H and O–H groups in total. The monoisotopic (exact) mass is 294 g/mol. The molecule has 0 amide bonds. The van der Waals surface area contributed by atoms with Crippen LogP contribution in [-0.4, -0.2) is 36.1 Å².